The molecule has 1 heterocycles. The van der Waals surface area contributed by atoms with Gasteiger partial charge < -0.3 is 10.2 Å². The van der Waals surface area contributed by atoms with Crippen LogP contribution in [0.3, 0.4) is 0 Å². The van der Waals surface area contributed by atoms with Crippen molar-refractivity contribution in [3.63, 3.8) is 0 Å². The van der Waals surface area contributed by atoms with Crippen molar-refractivity contribution in [3.05, 3.63) is 58.4 Å². The number of aromatic amines is 1. The highest BCUT2D eigenvalue weighted by Gasteiger charge is 2.10. The van der Waals surface area contributed by atoms with E-state index in [0.29, 0.717) is 16.2 Å². The van der Waals surface area contributed by atoms with Crippen LogP contribution in [0.2, 0.25) is 0 Å². The fourth-order valence-corrected chi connectivity index (χ4v) is 2.34. The molecule has 6 nitrogen and oxygen atoms in total. The second kappa shape index (κ2) is 6.05. The zero-order chi connectivity index (χ0) is 16.4. The normalized spacial score (nSPS) is 11.2. The third kappa shape index (κ3) is 3.00. The molecule has 3 aromatic rings. The van der Waals surface area contributed by atoms with Gasteiger partial charge in [-0.25, -0.2) is 5.10 Å². The van der Waals surface area contributed by atoms with Crippen molar-refractivity contribution in [1.29, 1.82) is 0 Å². The topological polar surface area (TPSA) is 86.4 Å². The lowest BCUT2D eigenvalue weighted by Crippen LogP contribution is -1.96. The van der Waals surface area contributed by atoms with Gasteiger partial charge in [-0.2, -0.15) is 14.9 Å². The van der Waals surface area contributed by atoms with Crippen LogP contribution in [0, 0.1) is 11.7 Å². The minimum absolute atomic E-state index is 0.0137. The molecule has 0 aliphatic rings. The number of hydrogen-bond donors (Lipinski definition) is 3. The van der Waals surface area contributed by atoms with Crippen LogP contribution in [0.15, 0.2) is 47.6 Å². The molecular weight excluding hydrogens is 312 g/mol. The highest BCUT2D eigenvalue weighted by atomic mass is 32.1. The van der Waals surface area contributed by atoms with Crippen LogP contribution in [0.1, 0.15) is 11.1 Å². The van der Waals surface area contributed by atoms with E-state index in [-0.39, 0.29) is 11.5 Å². The molecule has 0 spiro atoms. The van der Waals surface area contributed by atoms with E-state index in [1.807, 2.05) is 31.2 Å². The number of hydrogen-bond acceptors (Lipinski definition) is 5. The first-order valence-electron chi connectivity index (χ1n) is 6.86. The number of nitrogens with one attached hydrogen (secondary N) is 1. The second-order valence-electron chi connectivity index (χ2n) is 4.97. The molecule has 0 atom stereocenters. The predicted molar refractivity (Wildman–Crippen MR) is 90.3 cm³/mol. The van der Waals surface area contributed by atoms with Gasteiger partial charge in [0.1, 0.15) is 11.5 Å². The van der Waals surface area contributed by atoms with Crippen LogP contribution in [0.4, 0.5) is 0 Å². The van der Waals surface area contributed by atoms with E-state index in [0.717, 1.165) is 11.1 Å². The van der Waals surface area contributed by atoms with Crippen molar-refractivity contribution in [2.45, 2.75) is 6.92 Å². The maximum absolute atomic E-state index is 9.81. The number of aromatic hydroxyl groups is 2. The van der Waals surface area contributed by atoms with E-state index in [4.69, 9.17) is 12.2 Å². The Hall–Kier alpha value is -2.93. The van der Waals surface area contributed by atoms with E-state index >= 15 is 0 Å². The number of phenolic OH excluding ortho intramolecular Hbond substituents is 2. The number of benzene rings is 2. The smallest absolute Gasteiger partial charge is 0.216 e. The maximum atomic E-state index is 9.81. The lowest BCUT2D eigenvalue weighted by molar-refractivity contribution is 0.450. The van der Waals surface area contributed by atoms with Crippen molar-refractivity contribution in [2.24, 2.45) is 5.10 Å². The average Bonchev–Trinajstić information content (AvgIpc) is 2.88. The number of phenols is 2. The molecule has 7 heteroatoms. The fraction of sp³-hybridized carbons (Fsp3) is 0.0625. The van der Waals surface area contributed by atoms with Crippen molar-refractivity contribution in [3.8, 4) is 22.9 Å². The molecule has 0 saturated carbocycles. The SMILES string of the molecule is Cc1ccccc1-c1n[nH]c(=S)n1/N=C\c1ccc(O)cc1O. The zero-order valence-electron chi connectivity index (χ0n) is 12.3. The van der Waals surface area contributed by atoms with Crippen molar-refractivity contribution < 1.29 is 10.2 Å². The number of aromatic nitrogens is 3. The number of nitrogens with zero attached hydrogens (tertiary/aromatic N) is 3. The molecule has 0 aliphatic heterocycles. The Morgan fingerprint density at radius 2 is 2.00 bits per heavy atom. The van der Waals surface area contributed by atoms with Gasteiger partial charge >= 0.3 is 0 Å². The van der Waals surface area contributed by atoms with E-state index < -0.39 is 0 Å². The standard InChI is InChI=1S/C16H14N4O2S/c1-10-4-2-3-5-13(10)15-18-19-16(23)20(15)17-9-11-6-7-12(21)8-14(11)22/h2-9,21-22H,1H3,(H,19,23)/b17-9-. The Kier molecular flexibility index (Phi) is 3.94. The van der Waals surface area contributed by atoms with Gasteiger partial charge in [0.25, 0.3) is 0 Å². The molecule has 2 aromatic carbocycles. The maximum Gasteiger partial charge on any atom is 0.216 e. The Balaban J connectivity index is 2.04. The quantitative estimate of drug-likeness (QED) is 0.509. The summed E-state index contributed by atoms with van der Waals surface area (Å²) in [5, 5.41) is 30.4. The summed E-state index contributed by atoms with van der Waals surface area (Å²) in [7, 11) is 0. The second-order valence-corrected chi connectivity index (χ2v) is 5.35. The van der Waals surface area contributed by atoms with Crippen LogP contribution < -0.4 is 0 Å². The molecule has 1 aromatic heterocycles. The van der Waals surface area contributed by atoms with Gasteiger partial charge in [-0.15, -0.1) is 0 Å². The summed E-state index contributed by atoms with van der Waals surface area (Å²) < 4.78 is 1.84. The summed E-state index contributed by atoms with van der Waals surface area (Å²) in [5.74, 6) is 0.504. The Morgan fingerprint density at radius 3 is 2.74 bits per heavy atom. The largest absolute Gasteiger partial charge is 0.508 e. The van der Waals surface area contributed by atoms with Crippen LogP contribution >= 0.6 is 12.2 Å². The zero-order valence-corrected chi connectivity index (χ0v) is 13.1. The Bertz CT molecular complexity index is 943. The fourth-order valence-electron chi connectivity index (χ4n) is 2.16. The Labute approximate surface area is 137 Å². The van der Waals surface area contributed by atoms with E-state index in [2.05, 4.69) is 15.3 Å². The monoisotopic (exact) mass is 326 g/mol. The van der Waals surface area contributed by atoms with Crippen LogP contribution in [0.5, 0.6) is 11.5 Å². The molecule has 0 radical (unpaired) electrons. The summed E-state index contributed by atoms with van der Waals surface area (Å²) >= 11 is 5.21. The molecule has 0 unspecified atom stereocenters. The van der Waals surface area contributed by atoms with Gasteiger partial charge in [0.15, 0.2) is 5.82 Å². The van der Waals surface area contributed by atoms with Gasteiger partial charge in [-0.05, 0) is 36.8 Å². The molecule has 0 fully saturated rings. The molecule has 0 amide bonds. The van der Waals surface area contributed by atoms with E-state index in [1.54, 1.807) is 6.07 Å². The molecule has 3 rings (SSSR count). The summed E-state index contributed by atoms with van der Waals surface area (Å²) in [6.45, 7) is 1.98. The van der Waals surface area contributed by atoms with E-state index in [1.165, 1.54) is 23.0 Å². The number of aryl methyl sites for hydroxylation is 1. The minimum atomic E-state index is -0.0683. The minimum Gasteiger partial charge on any atom is -0.508 e. The van der Waals surface area contributed by atoms with Crippen molar-refractivity contribution in [1.82, 2.24) is 14.9 Å². The molecule has 0 aliphatic carbocycles. The molecule has 0 saturated heterocycles. The first kappa shape index (κ1) is 15.0. The molecule has 3 N–H and O–H groups in total. The lowest BCUT2D eigenvalue weighted by Gasteiger charge is -2.04. The average molecular weight is 326 g/mol. The summed E-state index contributed by atoms with van der Waals surface area (Å²) in [4.78, 5) is 0. The van der Waals surface area contributed by atoms with E-state index in [9.17, 15) is 10.2 Å². The highest BCUT2D eigenvalue weighted by molar-refractivity contribution is 7.71. The third-order valence-corrected chi connectivity index (χ3v) is 3.63. The lowest BCUT2D eigenvalue weighted by atomic mass is 10.1. The number of H-pyrrole nitrogens is 1. The van der Waals surface area contributed by atoms with Crippen molar-refractivity contribution >= 4 is 18.4 Å². The van der Waals surface area contributed by atoms with Crippen LogP contribution in [-0.2, 0) is 0 Å². The van der Waals surface area contributed by atoms with Gasteiger partial charge in [0, 0.05) is 17.2 Å². The van der Waals surface area contributed by atoms with Crippen LogP contribution in [-0.4, -0.2) is 31.3 Å². The third-order valence-electron chi connectivity index (χ3n) is 3.36. The van der Waals surface area contributed by atoms with Gasteiger partial charge in [0.05, 0.1) is 6.21 Å². The summed E-state index contributed by atoms with van der Waals surface area (Å²) in [5.41, 5.74) is 2.42. The highest BCUT2D eigenvalue weighted by Crippen LogP contribution is 2.23. The summed E-state index contributed by atoms with van der Waals surface area (Å²) in [6.07, 6.45) is 1.46. The number of rotatable bonds is 3. The molecular formula is C16H14N4O2S. The predicted octanol–water partition coefficient (Wildman–Crippen LogP) is 3.21. The first-order valence-corrected chi connectivity index (χ1v) is 7.27. The van der Waals surface area contributed by atoms with Crippen LogP contribution in [0.25, 0.3) is 11.4 Å². The Morgan fingerprint density at radius 1 is 1.22 bits per heavy atom. The van der Waals surface area contributed by atoms with Crippen molar-refractivity contribution in [2.75, 3.05) is 0 Å². The molecule has 0 bridgehead atoms. The van der Waals surface area contributed by atoms with Gasteiger partial charge in [-0.3, -0.25) is 0 Å². The van der Waals surface area contributed by atoms with Gasteiger partial charge in [-0.1, -0.05) is 24.3 Å². The first-order chi connectivity index (χ1) is 11.1. The summed E-state index contributed by atoms with van der Waals surface area (Å²) in [6, 6.07) is 12.1. The van der Waals surface area contributed by atoms with Gasteiger partial charge in [0.2, 0.25) is 4.77 Å². The molecule has 23 heavy (non-hydrogen) atoms. The molecule has 116 valence electrons.